The van der Waals surface area contributed by atoms with E-state index in [1.807, 2.05) is 32.9 Å². The molecule has 1 aliphatic rings. The molecule has 1 aromatic rings. The minimum atomic E-state index is -1.15. The molecule has 6 heteroatoms. The number of carbonyl (C=O) groups is 2. The molecule has 1 heterocycles. The zero-order chi connectivity index (χ0) is 17.0. The van der Waals surface area contributed by atoms with Gasteiger partial charge in [-0.1, -0.05) is 24.3 Å². The van der Waals surface area contributed by atoms with Crippen molar-refractivity contribution in [1.29, 1.82) is 0 Å². The van der Waals surface area contributed by atoms with E-state index in [0.717, 1.165) is 31.5 Å². The second kappa shape index (κ2) is 8.71. The molecule has 2 rings (SSSR count). The van der Waals surface area contributed by atoms with Crippen molar-refractivity contribution in [3.05, 3.63) is 35.4 Å². The number of carboxylic acids is 1. The molecule has 0 amide bonds. The molecule has 0 saturated carbocycles. The van der Waals surface area contributed by atoms with Crippen LogP contribution in [0.1, 0.15) is 55.5 Å². The summed E-state index contributed by atoms with van der Waals surface area (Å²) in [4.78, 5) is 24.7. The molecule has 126 valence electrons. The fourth-order valence-corrected chi connectivity index (χ4v) is 2.87. The van der Waals surface area contributed by atoms with Gasteiger partial charge in [-0.3, -0.25) is 9.69 Å². The first kappa shape index (κ1) is 20.8. The standard InChI is InChI=1S/C18H25NO4.Li/c1-18(2,3)23-16(20)12-19-10-8-14(9-11-19)13-4-6-15(7-5-13)17(21)22;/h4-7,14H,8-12H2,1-3H3,(H,21,22);/q;+1/p-1. The first-order valence-electron chi connectivity index (χ1n) is 8.00. The summed E-state index contributed by atoms with van der Waals surface area (Å²) in [6.07, 6.45) is 1.90. The first-order valence-corrected chi connectivity index (χ1v) is 8.00. The van der Waals surface area contributed by atoms with Crippen LogP contribution in [0.5, 0.6) is 0 Å². The van der Waals surface area contributed by atoms with E-state index < -0.39 is 11.6 Å². The second-order valence-electron chi connectivity index (χ2n) is 7.05. The van der Waals surface area contributed by atoms with Gasteiger partial charge in [0.25, 0.3) is 0 Å². The van der Waals surface area contributed by atoms with E-state index in [1.165, 1.54) is 0 Å². The number of aromatic carboxylic acids is 1. The topological polar surface area (TPSA) is 69.7 Å². The third-order valence-electron chi connectivity index (χ3n) is 3.98. The molecule has 24 heavy (non-hydrogen) atoms. The summed E-state index contributed by atoms with van der Waals surface area (Å²) in [6, 6.07) is 6.91. The number of hydrogen-bond donors (Lipinski definition) is 0. The number of nitrogens with zero attached hydrogens (tertiary/aromatic N) is 1. The Hall–Kier alpha value is -1.28. The van der Waals surface area contributed by atoms with Crippen LogP contribution in [0.4, 0.5) is 0 Å². The summed E-state index contributed by atoms with van der Waals surface area (Å²) in [5, 5.41) is 10.8. The van der Waals surface area contributed by atoms with Gasteiger partial charge < -0.3 is 14.6 Å². The number of rotatable bonds is 4. The number of likely N-dealkylation sites (tertiary alicyclic amines) is 1. The molecule has 0 unspecified atom stereocenters. The summed E-state index contributed by atoms with van der Waals surface area (Å²) in [7, 11) is 0. The summed E-state index contributed by atoms with van der Waals surface area (Å²) < 4.78 is 5.35. The van der Waals surface area contributed by atoms with Crippen LogP contribution in [0.2, 0.25) is 0 Å². The number of benzene rings is 1. The number of ether oxygens (including phenoxy) is 1. The van der Waals surface area contributed by atoms with E-state index in [1.54, 1.807) is 12.1 Å². The van der Waals surface area contributed by atoms with Crippen LogP contribution in [-0.4, -0.2) is 42.1 Å². The van der Waals surface area contributed by atoms with Crippen molar-refractivity contribution in [2.24, 2.45) is 0 Å². The van der Waals surface area contributed by atoms with E-state index in [2.05, 4.69) is 4.90 Å². The van der Waals surface area contributed by atoms with Gasteiger partial charge in [0.1, 0.15) is 5.60 Å². The molecule has 0 aromatic heterocycles. The summed E-state index contributed by atoms with van der Waals surface area (Å²) in [5.41, 5.74) is 0.902. The van der Waals surface area contributed by atoms with E-state index in [-0.39, 0.29) is 30.4 Å². The quantitative estimate of drug-likeness (QED) is 0.502. The van der Waals surface area contributed by atoms with Gasteiger partial charge in [0.2, 0.25) is 0 Å². The number of esters is 1. The number of piperidine rings is 1. The zero-order valence-corrected chi connectivity index (χ0v) is 15.0. The van der Waals surface area contributed by atoms with E-state index >= 15 is 0 Å². The fourth-order valence-electron chi connectivity index (χ4n) is 2.87. The monoisotopic (exact) mass is 325 g/mol. The van der Waals surface area contributed by atoms with Gasteiger partial charge in [-0.05, 0) is 63.7 Å². The Labute approximate surface area is 155 Å². The Morgan fingerprint density at radius 1 is 1.17 bits per heavy atom. The summed E-state index contributed by atoms with van der Waals surface area (Å²) in [6.45, 7) is 7.61. The number of carboxylic acid groups (broad SMARTS) is 1. The van der Waals surface area contributed by atoms with Crippen molar-refractivity contribution in [3.8, 4) is 0 Å². The van der Waals surface area contributed by atoms with E-state index in [0.29, 0.717) is 12.5 Å². The maximum absolute atomic E-state index is 11.9. The zero-order valence-electron chi connectivity index (χ0n) is 15.0. The molecule has 0 spiro atoms. The molecule has 0 atom stereocenters. The Morgan fingerprint density at radius 2 is 1.71 bits per heavy atom. The smallest absolute Gasteiger partial charge is 0.545 e. The van der Waals surface area contributed by atoms with Crippen LogP contribution in [0.15, 0.2) is 24.3 Å². The fraction of sp³-hybridized carbons (Fsp3) is 0.556. The third kappa shape index (κ3) is 6.31. The predicted octanol–water partition coefficient (Wildman–Crippen LogP) is -1.42. The van der Waals surface area contributed by atoms with Gasteiger partial charge in [0.15, 0.2) is 0 Å². The maximum Gasteiger partial charge on any atom is 1.00 e. The van der Waals surface area contributed by atoms with Crippen molar-refractivity contribution in [3.63, 3.8) is 0 Å². The maximum atomic E-state index is 11.9. The van der Waals surface area contributed by atoms with Crippen LogP contribution in [0, 0.1) is 0 Å². The Bertz CT molecular complexity index is 557. The third-order valence-corrected chi connectivity index (χ3v) is 3.98. The molecule has 0 aliphatic carbocycles. The van der Waals surface area contributed by atoms with Crippen LogP contribution >= 0.6 is 0 Å². The normalized spacial score (nSPS) is 16.3. The summed E-state index contributed by atoms with van der Waals surface area (Å²) >= 11 is 0. The van der Waals surface area contributed by atoms with Crippen LogP contribution in [-0.2, 0) is 9.53 Å². The first-order chi connectivity index (χ1) is 10.7. The van der Waals surface area contributed by atoms with Gasteiger partial charge in [0, 0.05) is 0 Å². The number of carbonyl (C=O) groups excluding carboxylic acids is 2. The van der Waals surface area contributed by atoms with Gasteiger partial charge in [-0.15, -0.1) is 0 Å². The average molecular weight is 325 g/mol. The SMILES string of the molecule is CC(C)(C)OC(=O)CN1CCC(c2ccc(C(=O)[O-])cc2)CC1.[Li+]. The minimum absolute atomic E-state index is 0. The predicted molar refractivity (Wildman–Crippen MR) is 85.0 cm³/mol. The Morgan fingerprint density at radius 3 is 2.17 bits per heavy atom. The molecule has 0 radical (unpaired) electrons. The van der Waals surface area contributed by atoms with Crippen LogP contribution in [0.25, 0.3) is 0 Å². The van der Waals surface area contributed by atoms with Gasteiger partial charge in [-0.25, -0.2) is 0 Å². The molecule has 1 fully saturated rings. The molecular formula is C18H24LiNO4. The minimum Gasteiger partial charge on any atom is -0.545 e. The molecule has 5 nitrogen and oxygen atoms in total. The average Bonchev–Trinajstić information content (AvgIpc) is 2.46. The number of hydrogen-bond acceptors (Lipinski definition) is 5. The molecule has 0 N–H and O–H groups in total. The van der Waals surface area contributed by atoms with E-state index in [4.69, 9.17) is 4.74 Å². The van der Waals surface area contributed by atoms with Crippen molar-refractivity contribution < 1.29 is 38.3 Å². The van der Waals surface area contributed by atoms with Gasteiger partial charge in [-0.2, -0.15) is 0 Å². The van der Waals surface area contributed by atoms with Crippen molar-refractivity contribution in [2.45, 2.75) is 45.1 Å². The molecule has 1 aromatic carbocycles. The Balaban J connectivity index is 0.00000288. The van der Waals surface area contributed by atoms with Crippen molar-refractivity contribution >= 4 is 11.9 Å². The second-order valence-corrected chi connectivity index (χ2v) is 7.05. The Kier molecular flexibility index (Phi) is 7.53. The molecular weight excluding hydrogens is 301 g/mol. The molecule has 0 bridgehead atoms. The van der Waals surface area contributed by atoms with Crippen LogP contribution < -0.4 is 24.0 Å². The van der Waals surface area contributed by atoms with Gasteiger partial charge >= 0.3 is 24.8 Å². The van der Waals surface area contributed by atoms with Crippen molar-refractivity contribution in [1.82, 2.24) is 4.90 Å². The summed E-state index contributed by atoms with van der Waals surface area (Å²) in [5.74, 6) is -0.932. The van der Waals surface area contributed by atoms with Gasteiger partial charge in [0.05, 0.1) is 12.5 Å². The van der Waals surface area contributed by atoms with E-state index in [9.17, 15) is 14.7 Å². The molecule has 1 aliphatic heterocycles. The molecule has 1 saturated heterocycles. The van der Waals surface area contributed by atoms with Crippen LogP contribution in [0.3, 0.4) is 0 Å². The van der Waals surface area contributed by atoms with Crippen molar-refractivity contribution in [2.75, 3.05) is 19.6 Å². The largest absolute Gasteiger partial charge is 1.00 e.